The van der Waals surface area contributed by atoms with Gasteiger partial charge in [0, 0.05) is 31.0 Å². The van der Waals surface area contributed by atoms with Crippen LogP contribution in [-0.2, 0) is 4.79 Å². The molecule has 8 nitrogen and oxygen atoms in total. The minimum absolute atomic E-state index is 0.0576. The van der Waals surface area contributed by atoms with Crippen LogP contribution in [0.2, 0.25) is 0 Å². The van der Waals surface area contributed by atoms with Gasteiger partial charge in [-0.1, -0.05) is 0 Å². The maximum absolute atomic E-state index is 12.7. The second kappa shape index (κ2) is 8.69. The zero-order valence-electron chi connectivity index (χ0n) is 17.4. The van der Waals surface area contributed by atoms with Crippen LogP contribution in [0.1, 0.15) is 53.3 Å². The summed E-state index contributed by atoms with van der Waals surface area (Å²) in [7, 11) is 1.60. The molecule has 8 heteroatoms. The van der Waals surface area contributed by atoms with E-state index in [-0.39, 0.29) is 17.7 Å². The molecule has 1 atom stereocenters. The molecule has 30 heavy (non-hydrogen) atoms. The lowest BCUT2D eigenvalue weighted by atomic mass is 9.97. The molecule has 4 rings (SSSR count). The Balaban J connectivity index is 1.40. The topological polar surface area (TPSA) is 96.4 Å². The van der Waals surface area contributed by atoms with Crippen molar-refractivity contribution in [2.75, 3.05) is 37.0 Å². The maximum atomic E-state index is 12.7. The van der Waals surface area contributed by atoms with Crippen molar-refractivity contribution < 1.29 is 14.3 Å². The van der Waals surface area contributed by atoms with E-state index in [2.05, 4.69) is 25.5 Å². The van der Waals surface area contributed by atoms with E-state index in [0.29, 0.717) is 30.4 Å². The number of aromatic nitrogens is 2. The summed E-state index contributed by atoms with van der Waals surface area (Å²) in [5, 5.41) is 5.79. The minimum atomic E-state index is -0.313. The van der Waals surface area contributed by atoms with Gasteiger partial charge >= 0.3 is 0 Å². The minimum Gasteiger partial charge on any atom is -0.497 e. The average molecular weight is 409 g/mol. The molecule has 158 valence electrons. The fourth-order valence-electron chi connectivity index (χ4n) is 4.04. The smallest absolute Gasteiger partial charge is 0.270 e. The number of carbonyl (C=O) groups excluding carboxylic acids is 2. The van der Waals surface area contributed by atoms with E-state index in [1.54, 1.807) is 13.2 Å². The normalized spacial score (nSPS) is 18.0. The van der Waals surface area contributed by atoms with E-state index in [4.69, 9.17) is 4.74 Å². The molecule has 2 aliphatic rings. The van der Waals surface area contributed by atoms with Crippen LogP contribution in [0, 0.1) is 6.92 Å². The maximum Gasteiger partial charge on any atom is 0.270 e. The number of carbonyl (C=O) groups is 2. The SMILES string of the molecule is COc1ccc2c(c1)C(CCNC(=O)c1cc(C)nc(N3CCCCC3)n1)C(=O)N2. The first kappa shape index (κ1) is 20.1. The highest BCUT2D eigenvalue weighted by Gasteiger charge is 2.30. The Labute approximate surface area is 176 Å². The van der Waals surface area contributed by atoms with Crippen molar-refractivity contribution in [1.82, 2.24) is 15.3 Å². The Hall–Kier alpha value is -3.16. The summed E-state index contributed by atoms with van der Waals surface area (Å²) in [4.78, 5) is 36.2. The van der Waals surface area contributed by atoms with E-state index >= 15 is 0 Å². The lowest BCUT2D eigenvalue weighted by molar-refractivity contribution is -0.117. The van der Waals surface area contributed by atoms with Crippen molar-refractivity contribution in [3.8, 4) is 5.75 Å². The van der Waals surface area contributed by atoms with Gasteiger partial charge in [0.1, 0.15) is 11.4 Å². The Kier molecular flexibility index (Phi) is 5.83. The van der Waals surface area contributed by atoms with Crippen molar-refractivity contribution in [2.24, 2.45) is 0 Å². The number of hydrogen-bond acceptors (Lipinski definition) is 6. The van der Waals surface area contributed by atoms with Crippen LogP contribution in [0.25, 0.3) is 0 Å². The molecule has 0 spiro atoms. The lowest BCUT2D eigenvalue weighted by Gasteiger charge is -2.27. The molecule has 2 amide bonds. The van der Waals surface area contributed by atoms with Crippen LogP contribution < -0.4 is 20.3 Å². The number of nitrogens with one attached hydrogen (secondary N) is 2. The van der Waals surface area contributed by atoms with Gasteiger partial charge < -0.3 is 20.3 Å². The number of fused-ring (bicyclic) bond motifs is 1. The van der Waals surface area contributed by atoms with Gasteiger partial charge in [0.25, 0.3) is 5.91 Å². The van der Waals surface area contributed by atoms with Gasteiger partial charge in [0.05, 0.1) is 13.0 Å². The van der Waals surface area contributed by atoms with Crippen molar-refractivity contribution in [1.29, 1.82) is 0 Å². The molecule has 3 heterocycles. The molecule has 0 saturated carbocycles. The van der Waals surface area contributed by atoms with Crippen LogP contribution in [-0.4, -0.2) is 48.5 Å². The highest BCUT2D eigenvalue weighted by molar-refractivity contribution is 6.03. The van der Waals surface area contributed by atoms with Gasteiger partial charge in [0.2, 0.25) is 11.9 Å². The van der Waals surface area contributed by atoms with Gasteiger partial charge in [-0.2, -0.15) is 0 Å². The highest BCUT2D eigenvalue weighted by atomic mass is 16.5. The second-order valence-electron chi connectivity index (χ2n) is 7.78. The highest BCUT2D eigenvalue weighted by Crippen LogP contribution is 2.36. The first-order chi connectivity index (χ1) is 14.5. The number of hydrogen-bond donors (Lipinski definition) is 2. The number of rotatable bonds is 6. The molecule has 0 radical (unpaired) electrons. The molecule has 1 aromatic carbocycles. The van der Waals surface area contributed by atoms with Crippen molar-refractivity contribution >= 4 is 23.5 Å². The van der Waals surface area contributed by atoms with Gasteiger partial charge in [-0.05, 0) is 62.4 Å². The number of benzene rings is 1. The number of nitrogens with zero attached hydrogens (tertiary/aromatic N) is 3. The zero-order chi connectivity index (χ0) is 21.1. The quantitative estimate of drug-likeness (QED) is 0.761. The molecule has 2 N–H and O–H groups in total. The van der Waals surface area contributed by atoms with Gasteiger partial charge in [-0.25, -0.2) is 9.97 Å². The summed E-state index contributed by atoms with van der Waals surface area (Å²) in [5.41, 5.74) is 2.83. The monoisotopic (exact) mass is 409 g/mol. The predicted molar refractivity (Wildman–Crippen MR) is 114 cm³/mol. The largest absolute Gasteiger partial charge is 0.497 e. The van der Waals surface area contributed by atoms with Gasteiger partial charge in [-0.3, -0.25) is 9.59 Å². The summed E-state index contributed by atoms with van der Waals surface area (Å²) in [6, 6.07) is 7.24. The first-order valence-corrected chi connectivity index (χ1v) is 10.4. The third-order valence-electron chi connectivity index (χ3n) is 5.64. The third kappa shape index (κ3) is 4.22. The van der Waals surface area contributed by atoms with E-state index in [1.165, 1.54) is 6.42 Å². The average Bonchev–Trinajstić information content (AvgIpc) is 3.08. The Morgan fingerprint density at radius 2 is 2.03 bits per heavy atom. The molecule has 0 aliphatic carbocycles. The lowest BCUT2D eigenvalue weighted by Crippen LogP contribution is -2.33. The standard InChI is InChI=1S/C22H27N5O3/c1-14-12-19(26-22(24-14)27-10-4-3-5-11-27)21(29)23-9-8-16-17-13-15(30-2)6-7-18(17)25-20(16)28/h6-7,12-13,16H,3-5,8-11H2,1-2H3,(H,23,29)(H,25,28). The van der Waals surface area contributed by atoms with E-state index < -0.39 is 0 Å². The number of piperidine rings is 1. The van der Waals surface area contributed by atoms with Gasteiger partial charge in [-0.15, -0.1) is 0 Å². The van der Waals surface area contributed by atoms with Crippen molar-refractivity contribution in [3.63, 3.8) is 0 Å². The van der Waals surface area contributed by atoms with Crippen LogP contribution >= 0.6 is 0 Å². The molecule has 2 aliphatic heterocycles. The zero-order valence-corrected chi connectivity index (χ0v) is 17.4. The number of amides is 2. The van der Waals surface area contributed by atoms with E-state index in [1.807, 2.05) is 25.1 Å². The fourth-order valence-corrected chi connectivity index (χ4v) is 4.04. The molecule has 1 fully saturated rings. The van der Waals surface area contributed by atoms with Crippen LogP contribution in [0.15, 0.2) is 24.3 Å². The second-order valence-corrected chi connectivity index (χ2v) is 7.78. The Bertz CT molecular complexity index is 956. The van der Waals surface area contributed by atoms with Crippen LogP contribution in [0.4, 0.5) is 11.6 Å². The molecule has 1 unspecified atom stereocenters. The number of anilines is 2. The summed E-state index contributed by atoms with van der Waals surface area (Å²) < 4.78 is 5.27. The fraction of sp³-hybridized carbons (Fsp3) is 0.455. The number of methoxy groups -OCH3 is 1. The van der Waals surface area contributed by atoms with Gasteiger partial charge in [0.15, 0.2) is 0 Å². The van der Waals surface area contributed by atoms with E-state index in [9.17, 15) is 9.59 Å². The summed E-state index contributed by atoms with van der Waals surface area (Å²) in [6.45, 7) is 4.09. The number of ether oxygens (including phenoxy) is 1. The van der Waals surface area contributed by atoms with Crippen molar-refractivity contribution in [2.45, 2.75) is 38.5 Å². The van der Waals surface area contributed by atoms with Crippen molar-refractivity contribution in [3.05, 3.63) is 41.2 Å². The van der Waals surface area contributed by atoms with Crippen LogP contribution in [0.5, 0.6) is 5.75 Å². The van der Waals surface area contributed by atoms with E-state index in [0.717, 1.165) is 42.9 Å². The van der Waals surface area contributed by atoms with Crippen LogP contribution in [0.3, 0.4) is 0 Å². The Morgan fingerprint density at radius 3 is 2.80 bits per heavy atom. The molecule has 1 aromatic heterocycles. The predicted octanol–water partition coefficient (Wildman–Crippen LogP) is 2.64. The summed E-state index contributed by atoms with van der Waals surface area (Å²) in [5.74, 6) is 0.712. The number of aryl methyl sites for hydroxylation is 1. The first-order valence-electron chi connectivity index (χ1n) is 10.4. The molecular formula is C22H27N5O3. The Morgan fingerprint density at radius 1 is 1.23 bits per heavy atom. The third-order valence-corrected chi connectivity index (χ3v) is 5.64. The molecule has 2 aromatic rings. The summed E-state index contributed by atoms with van der Waals surface area (Å²) in [6.07, 6.45) is 3.96. The molecular weight excluding hydrogens is 382 g/mol. The molecule has 1 saturated heterocycles. The summed E-state index contributed by atoms with van der Waals surface area (Å²) >= 11 is 0. The molecule has 0 bridgehead atoms.